The van der Waals surface area contributed by atoms with Gasteiger partial charge in [-0.05, 0) is 18.2 Å². The van der Waals surface area contributed by atoms with Crippen molar-refractivity contribution in [3.8, 4) is 16.9 Å². The van der Waals surface area contributed by atoms with E-state index in [-0.39, 0.29) is 6.61 Å². The van der Waals surface area contributed by atoms with Gasteiger partial charge in [0.1, 0.15) is 18.2 Å². The van der Waals surface area contributed by atoms with Crippen LogP contribution in [0.4, 0.5) is 11.6 Å². The van der Waals surface area contributed by atoms with Gasteiger partial charge in [0.25, 0.3) is 0 Å². The van der Waals surface area contributed by atoms with Gasteiger partial charge >= 0.3 is 0 Å². The maximum absolute atomic E-state index is 5.85. The molecule has 10 heteroatoms. The Morgan fingerprint density at radius 2 is 1.80 bits per heavy atom. The summed E-state index contributed by atoms with van der Waals surface area (Å²) in [4.78, 5) is 15.5. The van der Waals surface area contributed by atoms with Crippen LogP contribution in [0.25, 0.3) is 22.3 Å². The molecule has 1 aliphatic rings. The molecule has 4 aromatic heterocycles. The van der Waals surface area contributed by atoms with Crippen LogP contribution in [0.15, 0.2) is 42.7 Å². The van der Waals surface area contributed by atoms with E-state index in [0.29, 0.717) is 22.7 Å². The van der Waals surface area contributed by atoms with Crippen LogP contribution < -0.4 is 20.7 Å². The molecule has 0 aliphatic carbocycles. The van der Waals surface area contributed by atoms with Crippen LogP contribution in [0.1, 0.15) is 5.69 Å². The lowest BCUT2D eigenvalue weighted by Crippen LogP contribution is -2.43. The van der Waals surface area contributed by atoms with E-state index >= 15 is 0 Å². The molecule has 10 nitrogen and oxygen atoms in total. The monoisotopic (exact) mass is 403 g/mol. The maximum atomic E-state index is 5.85. The third-order valence-electron chi connectivity index (χ3n) is 5.00. The van der Waals surface area contributed by atoms with Crippen molar-refractivity contribution in [2.75, 3.05) is 36.8 Å². The van der Waals surface area contributed by atoms with E-state index in [2.05, 4.69) is 52.7 Å². The Kier molecular flexibility index (Phi) is 4.81. The van der Waals surface area contributed by atoms with Crippen LogP contribution in [0.3, 0.4) is 0 Å². The maximum Gasteiger partial charge on any atom is 0.207 e. The number of hydrogen-bond donors (Lipinski definition) is 3. The smallest absolute Gasteiger partial charge is 0.207 e. The normalized spacial score (nSPS) is 14.2. The Hall–Kier alpha value is -3.79. The summed E-state index contributed by atoms with van der Waals surface area (Å²) < 4.78 is 5.85. The summed E-state index contributed by atoms with van der Waals surface area (Å²) in [6.45, 7) is 4.22. The fourth-order valence-electron chi connectivity index (χ4n) is 3.41. The second-order valence-corrected chi connectivity index (χ2v) is 7.01. The van der Waals surface area contributed by atoms with Crippen molar-refractivity contribution in [2.45, 2.75) is 6.61 Å². The fourth-order valence-corrected chi connectivity index (χ4v) is 3.41. The van der Waals surface area contributed by atoms with E-state index in [9.17, 15) is 0 Å². The van der Waals surface area contributed by atoms with Crippen LogP contribution in [-0.2, 0) is 6.61 Å². The molecule has 30 heavy (non-hydrogen) atoms. The van der Waals surface area contributed by atoms with Crippen LogP contribution in [0.5, 0.6) is 5.75 Å². The van der Waals surface area contributed by atoms with Crippen LogP contribution in [0, 0.1) is 0 Å². The van der Waals surface area contributed by atoms with Crippen molar-refractivity contribution in [1.82, 2.24) is 35.7 Å². The van der Waals surface area contributed by atoms with E-state index in [1.165, 1.54) is 0 Å². The standard InChI is InChI=1S/C20H21N9O/c21-17-9-16(19-20(25-17)27-28-26-19)30-12-15-3-1-13(10-23-15)14-2-4-18(24-11-14)29-7-5-22-6-8-29/h1-4,9-11,22H,5-8,12H2,(H3,21,25,26,27,28). The zero-order valence-electron chi connectivity index (χ0n) is 16.2. The van der Waals surface area contributed by atoms with Crippen molar-refractivity contribution in [3.63, 3.8) is 0 Å². The van der Waals surface area contributed by atoms with Gasteiger partial charge in [0.15, 0.2) is 11.3 Å². The zero-order valence-corrected chi connectivity index (χ0v) is 16.2. The van der Waals surface area contributed by atoms with Gasteiger partial charge in [-0.1, -0.05) is 6.07 Å². The summed E-state index contributed by atoms with van der Waals surface area (Å²) in [7, 11) is 0. The molecule has 4 aromatic rings. The molecule has 0 amide bonds. The highest BCUT2D eigenvalue weighted by Crippen LogP contribution is 2.24. The van der Waals surface area contributed by atoms with Crippen molar-refractivity contribution in [1.29, 1.82) is 0 Å². The first kappa shape index (κ1) is 18.3. The lowest BCUT2D eigenvalue weighted by Gasteiger charge is -2.28. The summed E-state index contributed by atoms with van der Waals surface area (Å²) in [5.41, 5.74) is 9.58. The third-order valence-corrected chi connectivity index (χ3v) is 5.00. The number of fused-ring (bicyclic) bond motifs is 1. The number of rotatable bonds is 5. The molecule has 5 rings (SSSR count). The third kappa shape index (κ3) is 3.72. The molecule has 1 fully saturated rings. The highest BCUT2D eigenvalue weighted by molar-refractivity contribution is 5.78. The first-order chi connectivity index (χ1) is 14.8. The number of H-pyrrole nitrogens is 1. The fraction of sp³-hybridized carbons (Fsp3) is 0.250. The van der Waals surface area contributed by atoms with E-state index in [1.807, 2.05) is 24.5 Å². The summed E-state index contributed by atoms with van der Waals surface area (Å²) in [6, 6.07) is 9.72. The number of nitrogens with zero attached hydrogens (tertiary/aromatic N) is 6. The number of nitrogen functional groups attached to an aromatic ring is 1. The minimum atomic E-state index is 0.284. The van der Waals surface area contributed by atoms with E-state index in [1.54, 1.807) is 6.07 Å². The molecular formula is C20H21N9O. The highest BCUT2D eigenvalue weighted by atomic mass is 16.5. The molecule has 5 heterocycles. The molecule has 0 unspecified atom stereocenters. The predicted molar refractivity (Wildman–Crippen MR) is 113 cm³/mol. The number of ether oxygens (including phenoxy) is 1. The Morgan fingerprint density at radius 3 is 2.53 bits per heavy atom. The first-order valence-corrected chi connectivity index (χ1v) is 9.73. The van der Waals surface area contributed by atoms with Crippen molar-refractivity contribution in [3.05, 3.63) is 48.4 Å². The molecule has 152 valence electrons. The average Bonchev–Trinajstić information content (AvgIpc) is 3.27. The second kappa shape index (κ2) is 7.91. The number of hydrogen-bond acceptors (Lipinski definition) is 9. The lowest BCUT2D eigenvalue weighted by molar-refractivity contribution is 0.304. The lowest BCUT2D eigenvalue weighted by atomic mass is 10.1. The number of anilines is 2. The molecule has 0 saturated carbocycles. The number of nitrogens with one attached hydrogen (secondary N) is 2. The molecule has 0 bridgehead atoms. The average molecular weight is 403 g/mol. The van der Waals surface area contributed by atoms with Crippen molar-refractivity contribution in [2.24, 2.45) is 0 Å². The summed E-state index contributed by atoms with van der Waals surface area (Å²) >= 11 is 0. The molecule has 0 aromatic carbocycles. The van der Waals surface area contributed by atoms with Gasteiger partial charge in [0, 0.05) is 55.8 Å². The molecule has 0 spiro atoms. The second-order valence-electron chi connectivity index (χ2n) is 7.01. The quantitative estimate of drug-likeness (QED) is 0.452. The van der Waals surface area contributed by atoms with Crippen molar-refractivity contribution < 1.29 is 4.74 Å². The number of pyridine rings is 3. The predicted octanol–water partition coefficient (Wildman–Crippen LogP) is 1.38. The molecule has 0 radical (unpaired) electrons. The molecule has 0 atom stereocenters. The van der Waals surface area contributed by atoms with Gasteiger partial charge in [-0.2, -0.15) is 10.3 Å². The molecular weight excluding hydrogens is 382 g/mol. The minimum Gasteiger partial charge on any atom is -0.485 e. The topological polar surface area (TPSA) is 131 Å². The highest BCUT2D eigenvalue weighted by Gasteiger charge is 2.12. The summed E-state index contributed by atoms with van der Waals surface area (Å²) in [5.74, 6) is 1.85. The summed E-state index contributed by atoms with van der Waals surface area (Å²) in [5, 5.41) is 13.9. The van der Waals surface area contributed by atoms with Gasteiger partial charge in [-0.25, -0.2) is 9.97 Å². The van der Waals surface area contributed by atoms with E-state index in [4.69, 9.17) is 10.5 Å². The number of aromatic nitrogens is 6. The Bertz CT molecular complexity index is 1140. The van der Waals surface area contributed by atoms with Crippen LogP contribution in [0.2, 0.25) is 0 Å². The zero-order chi connectivity index (χ0) is 20.3. The van der Waals surface area contributed by atoms with Gasteiger partial charge in [0.2, 0.25) is 5.65 Å². The molecule has 4 N–H and O–H groups in total. The van der Waals surface area contributed by atoms with Crippen LogP contribution >= 0.6 is 0 Å². The van der Waals surface area contributed by atoms with E-state index < -0.39 is 0 Å². The SMILES string of the molecule is Nc1cc(OCc2ccc(-c3ccc(N4CCNCC4)nc3)cn2)c2n[nH]nc2n1. The Morgan fingerprint density at radius 1 is 1.00 bits per heavy atom. The number of piperazine rings is 1. The van der Waals surface area contributed by atoms with Crippen molar-refractivity contribution >= 4 is 22.8 Å². The van der Waals surface area contributed by atoms with Crippen LogP contribution in [-0.4, -0.2) is 56.5 Å². The first-order valence-electron chi connectivity index (χ1n) is 9.73. The number of nitrogens with two attached hydrogens (primary N) is 1. The largest absolute Gasteiger partial charge is 0.485 e. The molecule has 1 saturated heterocycles. The molecule has 1 aliphatic heterocycles. The van der Waals surface area contributed by atoms with Gasteiger partial charge in [0.05, 0.1) is 5.69 Å². The number of aromatic amines is 1. The Balaban J connectivity index is 1.26. The summed E-state index contributed by atoms with van der Waals surface area (Å²) in [6.07, 6.45) is 3.72. The minimum absolute atomic E-state index is 0.284. The van der Waals surface area contributed by atoms with Gasteiger partial charge < -0.3 is 20.7 Å². The van der Waals surface area contributed by atoms with E-state index in [0.717, 1.165) is 48.8 Å². The Labute approximate surface area is 172 Å². The van der Waals surface area contributed by atoms with Gasteiger partial charge in [-0.3, -0.25) is 4.98 Å². The van der Waals surface area contributed by atoms with Gasteiger partial charge in [-0.15, -0.1) is 5.10 Å².